The Balaban J connectivity index is 1.47. The van der Waals surface area contributed by atoms with Crippen LogP contribution >= 0.6 is 12.2 Å². The number of amides is 1. The number of thiocarbonyl (C=S) groups is 1. The largest absolute Gasteiger partial charge is 0.497 e. The van der Waals surface area contributed by atoms with Gasteiger partial charge in [0.2, 0.25) is 0 Å². The summed E-state index contributed by atoms with van der Waals surface area (Å²) in [6.45, 7) is 1.37. The van der Waals surface area contributed by atoms with Gasteiger partial charge in [0, 0.05) is 17.9 Å². The smallest absolute Gasteiger partial charge is 0.257 e. The molecule has 1 amide bonds. The topological polar surface area (TPSA) is 68.8 Å². The lowest BCUT2D eigenvalue weighted by molar-refractivity contribution is 0.0679. The number of nitrogens with one attached hydrogen (secondary N) is 2. The molecule has 2 N–H and O–H groups in total. The average Bonchev–Trinajstić information content (AvgIpc) is 3.21. The van der Waals surface area contributed by atoms with Crippen molar-refractivity contribution in [3.05, 3.63) is 54.1 Å². The molecule has 1 aliphatic rings. The zero-order chi connectivity index (χ0) is 19.1. The molecule has 1 aliphatic heterocycles. The molecule has 0 spiro atoms. The summed E-state index contributed by atoms with van der Waals surface area (Å²) in [6.07, 6.45) is 2.32. The first kappa shape index (κ1) is 19.1. The van der Waals surface area contributed by atoms with Gasteiger partial charge < -0.3 is 19.5 Å². The number of rotatable bonds is 6. The zero-order valence-corrected chi connectivity index (χ0v) is 15.9. The van der Waals surface area contributed by atoms with Crippen LogP contribution in [0.2, 0.25) is 0 Å². The van der Waals surface area contributed by atoms with E-state index in [4.69, 9.17) is 26.4 Å². The van der Waals surface area contributed by atoms with Crippen LogP contribution in [-0.4, -0.2) is 37.4 Å². The van der Waals surface area contributed by atoms with Crippen LogP contribution < -0.4 is 20.1 Å². The van der Waals surface area contributed by atoms with Gasteiger partial charge in [-0.25, -0.2) is 0 Å². The molecule has 27 heavy (non-hydrogen) atoms. The van der Waals surface area contributed by atoms with Crippen molar-refractivity contribution in [1.29, 1.82) is 0 Å². The molecule has 0 radical (unpaired) electrons. The highest BCUT2D eigenvalue weighted by Crippen LogP contribution is 2.18. The Kier molecular flexibility index (Phi) is 6.62. The number of carbonyl (C=O) groups excluding carboxylic acids is 1. The van der Waals surface area contributed by atoms with Gasteiger partial charge in [0.05, 0.1) is 13.2 Å². The molecule has 0 aromatic heterocycles. The lowest BCUT2D eigenvalue weighted by Gasteiger charge is -2.13. The third-order valence-corrected chi connectivity index (χ3v) is 4.36. The average molecular weight is 386 g/mol. The molecule has 0 saturated carbocycles. The highest BCUT2D eigenvalue weighted by atomic mass is 32.1. The number of anilines is 1. The van der Waals surface area contributed by atoms with Crippen molar-refractivity contribution in [3.8, 4) is 11.5 Å². The number of carbonyl (C=O) groups is 1. The fraction of sp³-hybridized carbons (Fsp3) is 0.300. The van der Waals surface area contributed by atoms with Gasteiger partial charge in [-0.15, -0.1) is 0 Å². The van der Waals surface area contributed by atoms with Crippen LogP contribution in [0.4, 0.5) is 5.69 Å². The van der Waals surface area contributed by atoms with Crippen LogP contribution in [0, 0.1) is 0 Å². The quantitative estimate of drug-likeness (QED) is 0.742. The number of hydrogen-bond acceptors (Lipinski definition) is 5. The summed E-state index contributed by atoms with van der Waals surface area (Å²) >= 11 is 5.20. The minimum Gasteiger partial charge on any atom is -0.497 e. The zero-order valence-electron chi connectivity index (χ0n) is 15.1. The molecule has 2 aromatic carbocycles. The molecule has 1 fully saturated rings. The first-order valence-electron chi connectivity index (χ1n) is 8.75. The van der Waals surface area contributed by atoms with Crippen molar-refractivity contribution in [3.63, 3.8) is 0 Å². The normalized spacial score (nSPS) is 15.8. The third kappa shape index (κ3) is 5.67. The predicted molar refractivity (Wildman–Crippen MR) is 108 cm³/mol. The molecule has 2 aromatic rings. The Bertz CT molecular complexity index is 772. The van der Waals surface area contributed by atoms with E-state index in [2.05, 4.69) is 10.6 Å². The van der Waals surface area contributed by atoms with E-state index in [-0.39, 0.29) is 17.1 Å². The SMILES string of the molecule is COc1ccc(C(=O)NC(=S)Nc2ccc(OC[C@@H]3CCCO3)cc2)cc1. The van der Waals surface area contributed by atoms with Crippen LogP contribution in [0.3, 0.4) is 0 Å². The number of ether oxygens (including phenoxy) is 3. The first-order chi connectivity index (χ1) is 13.1. The van der Waals surface area contributed by atoms with E-state index in [0.717, 1.165) is 30.9 Å². The highest BCUT2D eigenvalue weighted by Gasteiger charge is 2.16. The van der Waals surface area contributed by atoms with Crippen LogP contribution in [0.5, 0.6) is 11.5 Å². The van der Waals surface area contributed by atoms with Crippen molar-refractivity contribution in [2.45, 2.75) is 18.9 Å². The summed E-state index contributed by atoms with van der Waals surface area (Å²) in [7, 11) is 1.58. The van der Waals surface area contributed by atoms with Crippen molar-refractivity contribution >= 4 is 28.9 Å². The van der Waals surface area contributed by atoms with Gasteiger partial charge in [0.1, 0.15) is 18.1 Å². The minimum atomic E-state index is -0.285. The third-order valence-electron chi connectivity index (χ3n) is 4.15. The van der Waals surface area contributed by atoms with E-state index >= 15 is 0 Å². The maximum absolute atomic E-state index is 12.2. The Morgan fingerprint density at radius 2 is 1.85 bits per heavy atom. The van der Waals surface area contributed by atoms with Gasteiger partial charge in [-0.3, -0.25) is 10.1 Å². The molecule has 1 heterocycles. The molecular weight excluding hydrogens is 364 g/mol. The van der Waals surface area contributed by atoms with E-state index in [0.29, 0.717) is 17.9 Å². The summed E-state index contributed by atoms with van der Waals surface area (Å²) in [5.74, 6) is 1.17. The summed E-state index contributed by atoms with van der Waals surface area (Å²) in [5, 5.41) is 5.86. The molecule has 6 nitrogen and oxygen atoms in total. The van der Waals surface area contributed by atoms with Gasteiger partial charge in [0.15, 0.2) is 5.11 Å². The van der Waals surface area contributed by atoms with E-state index in [1.54, 1.807) is 31.4 Å². The summed E-state index contributed by atoms with van der Waals surface area (Å²) in [5.41, 5.74) is 1.26. The molecule has 3 rings (SSSR count). The Morgan fingerprint density at radius 3 is 2.48 bits per heavy atom. The van der Waals surface area contributed by atoms with Gasteiger partial charge in [0.25, 0.3) is 5.91 Å². The van der Waals surface area contributed by atoms with Crippen LogP contribution in [-0.2, 0) is 4.74 Å². The van der Waals surface area contributed by atoms with Crippen LogP contribution in [0.15, 0.2) is 48.5 Å². The fourth-order valence-corrected chi connectivity index (χ4v) is 2.89. The van der Waals surface area contributed by atoms with E-state index < -0.39 is 0 Å². The van der Waals surface area contributed by atoms with Gasteiger partial charge in [-0.05, 0) is 73.6 Å². The monoisotopic (exact) mass is 386 g/mol. The molecule has 7 heteroatoms. The van der Waals surface area contributed by atoms with Crippen molar-refractivity contribution < 1.29 is 19.0 Å². The van der Waals surface area contributed by atoms with Crippen LogP contribution in [0.25, 0.3) is 0 Å². The minimum absolute atomic E-state index is 0.184. The standard InChI is InChI=1S/C20H22N2O4S/c1-24-16-8-4-14(5-9-16)19(23)22-20(27)21-15-6-10-17(11-7-15)26-13-18-3-2-12-25-18/h4-11,18H,2-3,12-13H2,1H3,(H2,21,22,23,27)/t18-/m0/s1. The van der Waals surface area contributed by atoms with E-state index in [1.165, 1.54) is 0 Å². The summed E-state index contributed by atoms with van der Waals surface area (Å²) < 4.78 is 16.3. The fourth-order valence-electron chi connectivity index (χ4n) is 2.68. The summed E-state index contributed by atoms with van der Waals surface area (Å²) in [4.78, 5) is 12.2. The Labute approximate surface area is 163 Å². The highest BCUT2D eigenvalue weighted by molar-refractivity contribution is 7.80. The molecule has 0 bridgehead atoms. The summed E-state index contributed by atoms with van der Waals surface area (Å²) in [6, 6.07) is 14.2. The molecular formula is C20H22N2O4S. The second-order valence-corrected chi connectivity index (χ2v) is 6.52. The van der Waals surface area contributed by atoms with Gasteiger partial charge in [-0.2, -0.15) is 0 Å². The number of hydrogen-bond donors (Lipinski definition) is 2. The lowest BCUT2D eigenvalue weighted by atomic mass is 10.2. The van der Waals surface area contributed by atoms with Crippen molar-refractivity contribution in [2.75, 3.05) is 25.6 Å². The molecule has 0 unspecified atom stereocenters. The maximum atomic E-state index is 12.2. The van der Waals surface area contributed by atoms with Crippen molar-refractivity contribution in [1.82, 2.24) is 5.32 Å². The molecule has 142 valence electrons. The molecule has 1 saturated heterocycles. The second-order valence-electron chi connectivity index (χ2n) is 6.11. The van der Waals surface area contributed by atoms with Gasteiger partial charge >= 0.3 is 0 Å². The maximum Gasteiger partial charge on any atom is 0.257 e. The van der Waals surface area contributed by atoms with Gasteiger partial charge in [-0.1, -0.05) is 0 Å². The lowest BCUT2D eigenvalue weighted by Crippen LogP contribution is -2.34. The Hall–Kier alpha value is -2.64. The van der Waals surface area contributed by atoms with Crippen molar-refractivity contribution in [2.24, 2.45) is 0 Å². The van der Waals surface area contributed by atoms with Crippen LogP contribution in [0.1, 0.15) is 23.2 Å². The number of benzene rings is 2. The van der Waals surface area contributed by atoms with E-state index in [1.807, 2.05) is 24.3 Å². The van der Waals surface area contributed by atoms with E-state index in [9.17, 15) is 4.79 Å². The second kappa shape index (κ2) is 9.34. The molecule has 1 atom stereocenters. The molecule has 0 aliphatic carbocycles. The Morgan fingerprint density at radius 1 is 1.15 bits per heavy atom. The number of methoxy groups -OCH3 is 1. The predicted octanol–water partition coefficient (Wildman–Crippen LogP) is 3.38. The first-order valence-corrected chi connectivity index (χ1v) is 9.16.